The molecule has 2 aromatic heterocycles. The lowest BCUT2D eigenvalue weighted by atomic mass is 10.1. The van der Waals surface area contributed by atoms with Crippen molar-refractivity contribution in [2.75, 3.05) is 32.8 Å². The van der Waals surface area contributed by atoms with Crippen LogP contribution < -0.4 is 5.32 Å². The number of thiazole rings is 1. The van der Waals surface area contributed by atoms with Gasteiger partial charge in [-0.1, -0.05) is 0 Å². The molecule has 1 atom stereocenters. The van der Waals surface area contributed by atoms with E-state index in [1.165, 1.54) is 4.88 Å². The quantitative estimate of drug-likeness (QED) is 0.886. The molecule has 0 saturated carbocycles. The van der Waals surface area contributed by atoms with Crippen molar-refractivity contribution in [3.8, 4) is 0 Å². The number of aromatic nitrogens is 1. The minimum atomic E-state index is 0.256. The molecule has 1 saturated heterocycles. The van der Waals surface area contributed by atoms with E-state index in [0.717, 1.165) is 55.9 Å². The Morgan fingerprint density at radius 1 is 1.32 bits per heavy atom. The van der Waals surface area contributed by atoms with Gasteiger partial charge in [0.25, 0.3) is 0 Å². The lowest BCUT2D eigenvalue weighted by Gasteiger charge is -2.33. The van der Waals surface area contributed by atoms with Crippen LogP contribution in [0.5, 0.6) is 0 Å². The second kappa shape index (κ2) is 7.37. The van der Waals surface area contributed by atoms with Crippen molar-refractivity contribution in [2.45, 2.75) is 26.4 Å². The van der Waals surface area contributed by atoms with Gasteiger partial charge in [0, 0.05) is 37.3 Å². The largest absolute Gasteiger partial charge is 0.465 e. The molecule has 2 aromatic rings. The molecule has 1 N–H and O–H groups in total. The fourth-order valence-electron chi connectivity index (χ4n) is 2.75. The van der Waals surface area contributed by atoms with Crippen LogP contribution in [0.25, 0.3) is 0 Å². The third-order valence-electron chi connectivity index (χ3n) is 3.88. The minimum Gasteiger partial charge on any atom is -0.465 e. The molecule has 0 aromatic carbocycles. The Morgan fingerprint density at radius 2 is 2.14 bits per heavy atom. The first-order chi connectivity index (χ1) is 10.7. The standard InChI is InChI=1S/C16H23N3O2S/c1-12-3-4-16(21-12)15(19-5-7-20-8-6-19)11-17-9-14-10-18-13(2)22-14/h3-4,10,15,17H,5-9,11H2,1-2H3. The summed E-state index contributed by atoms with van der Waals surface area (Å²) in [6.07, 6.45) is 1.95. The molecule has 6 heteroatoms. The SMILES string of the molecule is Cc1ccc(C(CNCc2cnc(C)s2)N2CCOCC2)o1. The van der Waals surface area contributed by atoms with E-state index in [4.69, 9.17) is 9.15 Å². The summed E-state index contributed by atoms with van der Waals surface area (Å²) in [5.74, 6) is 2.00. The second-order valence-corrected chi connectivity index (χ2v) is 6.91. The first kappa shape index (κ1) is 15.7. The molecular formula is C16H23N3O2S. The molecular weight excluding hydrogens is 298 g/mol. The summed E-state index contributed by atoms with van der Waals surface area (Å²) in [4.78, 5) is 8.01. The predicted molar refractivity (Wildman–Crippen MR) is 87.1 cm³/mol. The van der Waals surface area contributed by atoms with Gasteiger partial charge in [-0.05, 0) is 26.0 Å². The molecule has 120 valence electrons. The van der Waals surface area contributed by atoms with Gasteiger partial charge in [0.2, 0.25) is 0 Å². The predicted octanol–water partition coefficient (Wildman–Crippen LogP) is 2.52. The van der Waals surface area contributed by atoms with Crippen molar-refractivity contribution in [3.63, 3.8) is 0 Å². The van der Waals surface area contributed by atoms with Crippen molar-refractivity contribution in [2.24, 2.45) is 0 Å². The van der Waals surface area contributed by atoms with Gasteiger partial charge in [0.05, 0.1) is 24.3 Å². The summed E-state index contributed by atoms with van der Waals surface area (Å²) in [5, 5.41) is 4.66. The van der Waals surface area contributed by atoms with E-state index in [-0.39, 0.29) is 6.04 Å². The van der Waals surface area contributed by atoms with Crippen LogP contribution in [0.4, 0.5) is 0 Å². The topological polar surface area (TPSA) is 50.5 Å². The Labute approximate surface area is 135 Å². The molecule has 0 aliphatic carbocycles. The molecule has 0 amide bonds. The highest BCUT2D eigenvalue weighted by Crippen LogP contribution is 2.23. The van der Waals surface area contributed by atoms with E-state index < -0.39 is 0 Å². The third kappa shape index (κ3) is 3.95. The Morgan fingerprint density at radius 3 is 2.77 bits per heavy atom. The molecule has 0 spiro atoms. The molecule has 1 fully saturated rings. The molecule has 1 aliphatic rings. The van der Waals surface area contributed by atoms with E-state index in [1.807, 2.05) is 26.1 Å². The van der Waals surface area contributed by atoms with Crippen LogP contribution in [0.15, 0.2) is 22.7 Å². The van der Waals surface area contributed by atoms with Crippen LogP contribution in [-0.4, -0.2) is 42.7 Å². The zero-order valence-electron chi connectivity index (χ0n) is 13.2. The number of nitrogens with one attached hydrogen (secondary N) is 1. The Hall–Kier alpha value is -1.21. The summed E-state index contributed by atoms with van der Waals surface area (Å²) in [7, 11) is 0. The van der Waals surface area contributed by atoms with E-state index in [9.17, 15) is 0 Å². The van der Waals surface area contributed by atoms with Crippen molar-refractivity contribution >= 4 is 11.3 Å². The Kier molecular flexibility index (Phi) is 5.25. The highest BCUT2D eigenvalue weighted by Gasteiger charge is 2.24. The summed E-state index contributed by atoms with van der Waals surface area (Å²) in [5.41, 5.74) is 0. The first-order valence-corrected chi connectivity index (χ1v) is 8.54. The number of nitrogens with zero attached hydrogens (tertiary/aromatic N) is 2. The molecule has 1 aliphatic heterocycles. The number of ether oxygens (including phenoxy) is 1. The van der Waals surface area contributed by atoms with Crippen molar-refractivity contribution in [3.05, 3.63) is 39.7 Å². The van der Waals surface area contributed by atoms with Gasteiger partial charge in [-0.3, -0.25) is 4.90 Å². The molecule has 1 unspecified atom stereocenters. The van der Waals surface area contributed by atoms with E-state index in [2.05, 4.69) is 21.3 Å². The van der Waals surface area contributed by atoms with E-state index in [0.29, 0.717) is 0 Å². The normalized spacial score (nSPS) is 17.7. The van der Waals surface area contributed by atoms with Gasteiger partial charge < -0.3 is 14.5 Å². The Bertz CT molecular complexity index is 590. The average Bonchev–Trinajstić information content (AvgIpc) is 3.13. The second-order valence-electron chi connectivity index (χ2n) is 5.59. The fraction of sp³-hybridized carbons (Fsp3) is 0.562. The highest BCUT2D eigenvalue weighted by atomic mass is 32.1. The summed E-state index contributed by atoms with van der Waals surface area (Å²) < 4.78 is 11.3. The number of morpholine rings is 1. The van der Waals surface area contributed by atoms with E-state index >= 15 is 0 Å². The fourth-order valence-corrected chi connectivity index (χ4v) is 3.51. The lowest BCUT2D eigenvalue weighted by molar-refractivity contribution is 0.0115. The highest BCUT2D eigenvalue weighted by molar-refractivity contribution is 7.11. The maximum absolute atomic E-state index is 5.87. The summed E-state index contributed by atoms with van der Waals surface area (Å²) in [6.45, 7) is 9.24. The van der Waals surface area contributed by atoms with Crippen molar-refractivity contribution in [1.29, 1.82) is 0 Å². The van der Waals surface area contributed by atoms with Crippen LogP contribution >= 0.6 is 11.3 Å². The first-order valence-electron chi connectivity index (χ1n) is 7.72. The zero-order chi connectivity index (χ0) is 15.4. The van der Waals surface area contributed by atoms with Gasteiger partial charge >= 0.3 is 0 Å². The van der Waals surface area contributed by atoms with Gasteiger partial charge in [-0.2, -0.15) is 0 Å². The summed E-state index contributed by atoms with van der Waals surface area (Å²) in [6, 6.07) is 4.38. The number of hydrogen-bond acceptors (Lipinski definition) is 6. The average molecular weight is 321 g/mol. The molecule has 0 radical (unpaired) electrons. The zero-order valence-corrected chi connectivity index (χ0v) is 14.0. The monoisotopic (exact) mass is 321 g/mol. The van der Waals surface area contributed by atoms with Gasteiger partial charge in [0.1, 0.15) is 11.5 Å². The van der Waals surface area contributed by atoms with E-state index in [1.54, 1.807) is 11.3 Å². The van der Waals surface area contributed by atoms with Gasteiger partial charge in [0.15, 0.2) is 0 Å². The van der Waals surface area contributed by atoms with Crippen molar-refractivity contribution in [1.82, 2.24) is 15.2 Å². The van der Waals surface area contributed by atoms with Gasteiger partial charge in [-0.25, -0.2) is 4.98 Å². The summed E-state index contributed by atoms with van der Waals surface area (Å²) >= 11 is 1.74. The van der Waals surface area contributed by atoms with Crippen molar-refractivity contribution < 1.29 is 9.15 Å². The lowest BCUT2D eigenvalue weighted by Crippen LogP contribution is -2.42. The molecule has 0 bridgehead atoms. The smallest absolute Gasteiger partial charge is 0.122 e. The van der Waals surface area contributed by atoms with Crippen LogP contribution in [-0.2, 0) is 11.3 Å². The van der Waals surface area contributed by atoms with Crippen LogP contribution in [0, 0.1) is 13.8 Å². The van der Waals surface area contributed by atoms with Crippen LogP contribution in [0.1, 0.15) is 27.4 Å². The molecule has 3 heterocycles. The Balaban J connectivity index is 1.62. The number of rotatable bonds is 6. The maximum atomic E-state index is 5.87. The van der Waals surface area contributed by atoms with Crippen LogP contribution in [0.2, 0.25) is 0 Å². The van der Waals surface area contributed by atoms with Crippen LogP contribution in [0.3, 0.4) is 0 Å². The third-order valence-corrected chi connectivity index (χ3v) is 4.79. The molecule has 5 nitrogen and oxygen atoms in total. The molecule has 22 heavy (non-hydrogen) atoms. The molecule has 3 rings (SSSR count). The number of hydrogen-bond donors (Lipinski definition) is 1. The maximum Gasteiger partial charge on any atom is 0.122 e. The minimum absolute atomic E-state index is 0.256. The van der Waals surface area contributed by atoms with Gasteiger partial charge in [-0.15, -0.1) is 11.3 Å². The number of aryl methyl sites for hydroxylation is 2. The number of furan rings is 1.